The maximum Gasteiger partial charge on any atom is 0.333 e. The number of cyclic esters (lactones) is 1. The number of hydrogen-bond donors (Lipinski definition) is 15. The number of carbonyl (C=O) groups is 2. The fourth-order valence-electron chi connectivity index (χ4n) is 13.5. The van der Waals surface area contributed by atoms with Gasteiger partial charge in [-0.15, -0.1) is 0 Å². The molecule has 15 N–H and O–H groups in total. The summed E-state index contributed by atoms with van der Waals surface area (Å²) in [5.41, 5.74) is -0.477. The Morgan fingerprint density at radius 3 is 2.09 bits per heavy atom. The van der Waals surface area contributed by atoms with E-state index < -0.39 is 188 Å². The zero-order valence-corrected chi connectivity index (χ0v) is 54.5. The van der Waals surface area contributed by atoms with Gasteiger partial charge in [0, 0.05) is 80.6 Å². The Kier molecular flexibility index (Phi) is 30.0. The van der Waals surface area contributed by atoms with Gasteiger partial charge in [-0.3, -0.25) is 4.79 Å². The van der Waals surface area contributed by atoms with Gasteiger partial charge in [0.05, 0.1) is 91.5 Å². The molecule has 5 aliphatic rings. The first kappa shape index (κ1) is 77.1. The molecule has 30 atom stereocenters. The van der Waals surface area contributed by atoms with E-state index in [2.05, 4.69) is 5.32 Å². The minimum Gasteiger partial charge on any atom is -0.458 e. The Hall–Kier alpha value is -2.64. The van der Waals surface area contributed by atoms with Crippen LogP contribution in [0, 0.1) is 35.5 Å². The van der Waals surface area contributed by atoms with Crippen molar-refractivity contribution >= 4 is 11.9 Å². The van der Waals surface area contributed by atoms with E-state index in [-0.39, 0.29) is 75.2 Å². The number of fused-ring (bicyclic) bond motifs is 4. The minimum absolute atomic E-state index is 0.0319. The Balaban J connectivity index is 1.48. The summed E-state index contributed by atoms with van der Waals surface area (Å²) < 4.78 is 43.4. The number of aliphatic hydroxyl groups is 14. The molecule has 5 rings (SSSR count). The molecule has 4 fully saturated rings. The molecule has 4 saturated heterocycles. The fraction of sp³-hybridized carbons (Fsp3) is 0.877. The van der Waals surface area contributed by atoms with Crippen LogP contribution in [0.4, 0.5) is 0 Å². The first-order chi connectivity index (χ1) is 41.7. The summed E-state index contributed by atoms with van der Waals surface area (Å²) in [4.78, 5) is 26.5. The molecule has 5 heterocycles. The third-order valence-electron chi connectivity index (χ3n) is 19.9. The highest BCUT2D eigenvalue weighted by molar-refractivity contribution is 5.88. The van der Waals surface area contributed by atoms with Crippen LogP contribution in [0.2, 0.25) is 0 Å². The molecule has 0 aromatic carbocycles. The average molecular weight is 1280 g/mol. The quantitative estimate of drug-likeness (QED) is 0.0731. The molecule has 0 unspecified atom stereocenters. The van der Waals surface area contributed by atoms with Crippen LogP contribution in [0.25, 0.3) is 0 Å². The lowest BCUT2D eigenvalue weighted by Crippen LogP contribution is -2.63. The van der Waals surface area contributed by atoms with Gasteiger partial charge in [-0.2, -0.15) is 0 Å². The first-order valence-electron chi connectivity index (χ1n) is 32.7. The van der Waals surface area contributed by atoms with Crippen molar-refractivity contribution in [1.29, 1.82) is 0 Å². The second kappa shape index (κ2) is 34.7. The number of carbonyl (C=O) groups excluding carboxylic acids is 2. The van der Waals surface area contributed by atoms with Crippen molar-refractivity contribution in [3.63, 3.8) is 0 Å². The molecular formula is C65H113NO23. The van der Waals surface area contributed by atoms with Crippen molar-refractivity contribution in [1.82, 2.24) is 5.32 Å². The number of rotatable bonds is 17. The predicted octanol–water partition coefficient (Wildman–Crippen LogP) is 1.97. The normalized spacial score (nSPS) is 43.9. The van der Waals surface area contributed by atoms with Crippen LogP contribution in [0.3, 0.4) is 0 Å². The molecule has 516 valence electrons. The van der Waals surface area contributed by atoms with Gasteiger partial charge >= 0.3 is 5.97 Å². The van der Waals surface area contributed by atoms with Gasteiger partial charge < -0.3 is 110 Å². The number of hydrogen-bond acceptors (Lipinski definition) is 23. The zero-order valence-electron chi connectivity index (χ0n) is 54.5. The molecule has 4 bridgehead atoms. The molecule has 5 aliphatic heterocycles. The second-order valence-electron chi connectivity index (χ2n) is 27.0. The van der Waals surface area contributed by atoms with Crippen LogP contribution < -0.4 is 5.32 Å². The number of amides is 1. The Morgan fingerprint density at radius 2 is 1.46 bits per heavy atom. The minimum atomic E-state index is -2.33. The lowest BCUT2D eigenvalue weighted by Gasteiger charge is -2.47. The molecule has 89 heavy (non-hydrogen) atoms. The van der Waals surface area contributed by atoms with Crippen LogP contribution in [-0.4, -0.2) is 236 Å². The molecule has 0 spiro atoms. The van der Waals surface area contributed by atoms with Crippen molar-refractivity contribution in [2.45, 2.75) is 319 Å². The van der Waals surface area contributed by atoms with Crippen molar-refractivity contribution in [2.75, 3.05) is 6.61 Å². The summed E-state index contributed by atoms with van der Waals surface area (Å²) in [5, 5.41) is 162. The lowest BCUT2D eigenvalue weighted by atomic mass is 9.82. The van der Waals surface area contributed by atoms with Crippen molar-refractivity contribution < 1.29 is 114 Å². The van der Waals surface area contributed by atoms with Crippen LogP contribution >= 0.6 is 0 Å². The number of esters is 1. The monoisotopic (exact) mass is 1280 g/mol. The summed E-state index contributed by atoms with van der Waals surface area (Å²) in [5.74, 6) is -7.30. The van der Waals surface area contributed by atoms with E-state index in [4.69, 9.17) is 33.2 Å². The van der Waals surface area contributed by atoms with Crippen molar-refractivity contribution in [2.24, 2.45) is 35.5 Å². The molecule has 0 aliphatic carbocycles. The van der Waals surface area contributed by atoms with Gasteiger partial charge in [-0.1, -0.05) is 86.1 Å². The molecule has 0 saturated carbocycles. The molecule has 0 aromatic rings. The molecule has 24 heteroatoms. The van der Waals surface area contributed by atoms with Gasteiger partial charge in [0.15, 0.2) is 18.4 Å². The van der Waals surface area contributed by atoms with E-state index in [0.717, 1.165) is 0 Å². The largest absolute Gasteiger partial charge is 0.458 e. The van der Waals surface area contributed by atoms with E-state index >= 15 is 0 Å². The van der Waals surface area contributed by atoms with Crippen molar-refractivity contribution in [3.8, 4) is 0 Å². The van der Waals surface area contributed by atoms with E-state index in [0.29, 0.717) is 37.7 Å². The molecule has 0 aromatic heterocycles. The first-order valence-corrected chi connectivity index (χ1v) is 32.7. The summed E-state index contributed by atoms with van der Waals surface area (Å²) >= 11 is 0. The van der Waals surface area contributed by atoms with Gasteiger partial charge in [0.1, 0.15) is 42.7 Å². The average Bonchev–Trinajstić information content (AvgIpc) is 1.54. The van der Waals surface area contributed by atoms with Crippen molar-refractivity contribution in [3.05, 3.63) is 35.5 Å². The highest BCUT2D eigenvalue weighted by Gasteiger charge is 2.52. The van der Waals surface area contributed by atoms with E-state index in [1.807, 2.05) is 27.7 Å². The highest BCUT2D eigenvalue weighted by atomic mass is 16.7. The van der Waals surface area contributed by atoms with Crippen LogP contribution in [0.1, 0.15) is 173 Å². The van der Waals surface area contributed by atoms with Gasteiger partial charge in [0.2, 0.25) is 5.91 Å². The maximum atomic E-state index is 14.3. The third-order valence-corrected chi connectivity index (χ3v) is 19.9. The summed E-state index contributed by atoms with van der Waals surface area (Å²) in [6.07, 6.45) is -17.9. The van der Waals surface area contributed by atoms with E-state index in [9.17, 15) is 81.1 Å². The van der Waals surface area contributed by atoms with Crippen LogP contribution in [-0.2, 0) is 42.7 Å². The maximum absolute atomic E-state index is 14.3. The fourth-order valence-corrected chi connectivity index (χ4v) is 13.5. The summed E-state index contributed by atoms with van der Waals surface area (Å²) in [6, 6.07) is 0. The van der Waals surface area contributed by atoms with E-state index in [1.165, 1.54) is 13.8 Å². The Morgan fingerprint density at radius 1 is 0.798 bits per heavy atom. The van der Waals surface area contributed by atoms with Crippen LogP contribution in [0.5, 0.6) is 0 Å². The summed E-state index contributed by atoms with van der Waals surface area (Å²) in [6.45, 7) is 19.9. The summed E-state index contributed by atoms with van der Waals surface area (Å²) in [7, 11) is 0. The lowest BCUT2D eigenvalue weighted by molar-refractivity contribution is -0.338. The number of aliphatic hydroxyl groups excluding tert-OH is 13. The predicted molar refractivity (Wildman–Crippen MR) is 324 cm³/mol. The Bertz CT molecular complexity index is 2260. The molecule has 24 nitrogen and oxygen atoms in total. The topological polar surface area (TPSA) is 394 Å². The molecular weight excluding hydrogens is 1160 g/mol. The second-order valence-corrected chi connectivity index (χ2v) is 27.0. The smallest absolute Gasteiger partial charge is 0.333 e. The van der Waals surface area contributed by atoms with Gasteiger partial charge in [0.25, 0.3) is 0 Å². The van der Waals surface area contributed by atoms with Gasteiger partial charge in [-0.05, 0) is 77.2 Å². The molecule has 0 radical (unpaired) electrons. The highest BCUT2D eigenvalue weighted by Crippen LogP contribution is 2.41. The van der Waals surface area contributed by atoms with E-state index in [1.54, 1.807) is 65.8 Å². The van der Waals surface area contributed by atoms with Gasteiger partial charge in [-0.25, -0.2) is 4.79 Å². The number of nitrogens with one attached hydrogen (secondary N) is 1. The SMILES string of the molecule is CCC[C@@H](O[C@H]1C[C@](C)(NC(C)=O)[C@H](O)[C@H](C)O1)[C@@H](C)[C@@H](O)[C@@H](/C=C/[C@H](O)[C@@H](C)[C@@H]1C/C=C(\C)[C@@H](O)[C@@H](C)[C@H](O[C@@H]2O[C@H](CO)[C@@H](O)[C@H](O)[C@@H]2O)C[C@@H](O)[C@@H](C)[C@H](O)C[C@@H]2C[C@H](O)[C@@H](O)[C@](O)(C[C@@H]3O[C@H](CC[C@@H]3C)C[C@@H](O)C/C=C(\CC)C(=O)O1)O2)CC. The number of ether oxygens (including phenoxy) is 7. The van der Waals surface area contributed by atoms with Crippen LogP contribution in [0.15, 0.2) is 35.5 Å². The molecule has 1 amide bonds. The standard InChI is InChI=1S/C65H113NO23/c1-13-16-49(85-54-30-64(12,66-39(11)68)60(79)38(10)83-54)36(8)56(75)40(14-2)20-23-45(70)35(7)50-24-18-33(5)55(74)37(9)51(87-63-59(78)58(77)57(76)53(31-67)88-63)28-47(72)34(6)46(71)26-44-27-48(73)61(80)65(82,89-44)29-52-32(4)17-22-43(84-52)25-42(69)21-19-41(15-3)62(81)86-50/h18-20,23,32,34-38,40,42-61,63,67,69-80,82H,13-17,21-22,24-31H2,1-12H3,(H,66,68)/b23-20+,33-18+,41-19+/t32-,34-,35+,36+,37-,38-,40+,42-,43+,44+,45-,46+,47+,48-,49+,50-,51+,52-,53+,54-,55+,56+,57+,58-,59-,60+,61+,63+,64-,65-/m0/s1. The third kappa shape index (κ3) is 20.4. The Labute approximate surface area is 526 Å². The zero-order chi connectivity index (χ0) is 66.6.